The van der Waals surface area contributed by atoms with E-state index in [1.807, 2.05) is 0 Å². The van der Waals surface area contributed by atoms with E-state index in [1.165, 1.54) is 4.90 Å². The molecule has 2 heterocycles. The van der Waals surface area contributed by atoms with Gasteiger partial charge in [-0.3, -0.25) is 9.69 Å². The fraction of sp³-hybridized carbons (Fsp3) is 0.412. The number of likely N-dealkylation sites (tertiary alicyclic amines) is 1. The van der Waals surface area contributed by atoms with Gasteiger partial charge in [0, 0.05) is 12.6 Å². The number of carbonyl (C=O) groups is 1. The van der Waals surface area contributed by atoms with Gasteiger partial charge in [-0.15, -0.1) is 0 Å². The second kappa shape index (κ2) is 6.89. The summed E-state index contributed by atoms with van der Waals surface area (Å²) >= 11 is 0. The van der Waals surface area contributed by atoms with E-state index in [4.69, 9.17) is 4.52 Å². The molecule has 6 nitrogen and oxygen atoms in total. The topological polar surface area (TPSA) is 78.6 Å². The Morgan fingerprint density at radius 3 is 2.76 bits per heavy atom. The molecule has 134 valence electrons. The number of nitrogens with one attached hydrogen (secondary N) is 1. The molecular formula is C17H19F2N3O3. The first-order valence-corrected chi connectivity index (χ1v) is 7.96. The number of piperidine rings is 1. The number of halogens is 2. The van der Waals surface area contributed by atoms with Crippen molar-refractivity contribution in [2.75, 3.05) is 18.4 Å². The Kier molecular flexibility index (Phi) is 4.82. The molecule has 1 saturated heterocycles. The summed E-state index contributed by atoms with van der Waals surface area (Å²) in [4.78, 5) is 14.2. The summed E-state index contributed by atoms with van der Waals surface area (Å²) in [7, 11) is 0. The van der Waals surface area contributed by atoms with E-state index in [2.05, 4.69) is 10.5 Å². The Morgan fingerprint density at radius 2 is 2.16 bits per heavy atom. The molecule has 25 heavy (non-hydrogen) atoms. The average Bonchev–Trinajstić information content (AvgIpc) is 2.97. The number of aromatic nitrogens is 1. The van der Waals surface area contributed by atoms with Crippen LogP contribution in [0.4, 0.5) is 14.6 Å². The number of nitrogens with zero attached hydrogens (tertiary/aromatic N) is 2. The summed E-state index contributed by atoms with van der Waals surface area (Å²) in [5, 5.41) is 15.8. The Morgan fingerprint density at radius 1 is 1.44 bits per heavy atom. The summed E-state index contributed by atoms with van der Waals surface area (Å²) in [5.41, 5.74) is 0.590. The molecule has 0 radical (unpaired) electrons. The average molecular weight is 351 g/mol. The van der Waals surface area contributed by atoms with Crippen molar-refractivity contribution in [1.82, 2.24) is 10.1 Å². The minimum Gasteiger partial charge on any atom is -0.387 e. The van der Waals surface area contributed by atoms with Gasteiger partial charge in [-0.05, 0) is 18.9 Å². The predicted octanol–water partition coefficient (Wildman–Crippen LogP) is 2.36. The number of hydrogen-bond acceptors (Lipinski definition) is 5. The monoisotopic (exact) mass is 351 g/mol. The number of rotatable bonds is 4. The Bertz CT molecular complexity index is 736. The number of aliphatic hydroxyl groups excluding tert-OH is 1. The number of benzene rings is 1. The van der Waals surface area contributed by atoms with Crippen LogP contribution < -0.4 is 5.32 Å². The highest BCUT2D eigenvalue weighted by atomic mass is 19.3. The van der Waals surface area contributed by atoms with Crippen LogP contribution in [0.25, 0.3) is 0 Å². The molecule has 1 amide bonds. The fourth-order valence-corrected chi connectivity index (χ4v) is 2.96. The van der Waals surface area contributed by atoms with E-state index >= 15 is 0 Å². The SMILES string of the molecule is Cc1cc(NC(=O)C(c2ccccc2)N2CCC(O)C(F)(F)C2)no1. The van der Waals surface area contributed by atoms with Crippen LogP contribution in [0, 0.1) is 6.92 Å². The maximum Gasteiger partial charge on any atom is 0.285 e. The van der Waals surface area contributed by atoms with Gasteiger partial charge in [0.25, 0.3) is 5.92 Å². The number of aryl methyl sites for hydroxylation is 1. The van der Waals surface area contributed by atoms with Crippen molar-refractivity contribution in [2.24, 2.45) is 0 Å². The van der Waals surface area contributed by atoms with E-state index < -0.39 is 30.5 Å². The van der Waals surface area contributed by atoms with Gasteiger partial charge in [0.05, 0.1) is 6.54 Å². The zero-order valence-electron chi connectivity index (χ0n) is 13.7. The summed E-state index contributed by atoms with van der Waals surface area (Å²) in [5.74, 6) is -2.99. The molecule has 1 aromatic heterocycles. The van der Waals surface area contributed by atoms with Gasteiger partial charge < -0.3 is 14.9 Å². The van der Waals surface area contributed by atoms with Crippen LogP contribution in [0.15, 0.2) is 40.9 Å². The molecule has 0 spiro atoms. The molecule has 2 atom stereocenters. The molecule has 0 aliphatic carbocycles. The van der Waals surface area contributed by atoms with Crippen LogP contribution in [0.5, 0.6) is 0 Å². The van der Waals surface area contributed by atoms with Crippen LogP contribution >= 0.6 is 0 Å². The molecule has 2 unspecified atom stereocenters. The number of amides is 1. The molecule has 0 saturated carbocycles. The lowest BCUT2D eigenvalue weighted by Crippen LogP contribution is -2.54. The Balaban J connectivity index is 1.86. The number of hydrogen-bond donors (Lipinski definition) is 2. The van der Waals surface area contributed by atoms with Gasteiger partial charge in [-0.1, -0.05) is 35.5 Å². The van der Waals surface area contributed by atoms with E-state index in [1.54, 1.807) is 43.3 Å². The van der Waals surface area contributed by atoms with Crippen molar-refractivity contribution in [1.29, 1.82) is 0 Å². The van der Waals surface area contributed by atoms with Gasteiger partial charge in [0.15, 0.2) is 5.82 Å². The summed E-state index contributed by atoms with van der Waals surface area (Å²) < 4.78 is 32.8. The molecule has 0 bridgehead atoms. The molecule has 2 N–H and O–H groups in total. The second-order valence-electron chi connectivity index (χ2n) is 6.16. The van der Waals surface area contributed by atoms with Gasteiger partial charge in [0.2, 0.25) is 5.91 Å². The molecule has 2 aromatic rings. The highest BCUT2D eigenvalue weighted by Crippen LogP contribution is 2.33. The summed E-state index contributed by atoms with van der Waals surface area (Å²) in [6, 6.07) is 9.32. The first kappa shape index (κ1) is 17.5. The van der Waals surface area contributed by atoms with Crippen LogP contribution in [0.2, 0.25) is 0 Å². The predicted molar refractivity (Wildman–Crippen MR) is 86.2 cm³/mol. The van der Waals surface area contributed by atoms with Crippen LogP contribution in [-0.4, -0.2) is 46.2 Å². The van der Waals surface area contributed by atoms with Crippen molar-refractivity contribution in [2.45, 2.75) is 31.4 Å². The summed E-state index contributed by atoms with van der Waals surface area (Å²) in [6.07, 6.45) is -1.80. The van der Waals surface area contributed by atoms with Crippen LogP contribution in [0.1, 0.15) is 23.8 Å². The van der Waals surface area contributed by atoms with Crippen molar-refractivity contribution >= 4 is 11.7 Å². The van der Waals surface area contributed by atoms with Gasteiger partial charge >= 0.3 is 0 Å². The normalized spacial score (nSPS) is 21.7. The standard InChI is InChI=1S/C17H19F2N3O3/c1-11-9-14(21-25-11)20-16(24)15(12-5-3-2-4-6-12)22-8-7-13(23)17(18,19)10-22/h2-6,9,13,15,23H,7-8,10H2,1H3,(H,20,21,24). The summed E-state index contributed by atoms with van der Waals surface area (Å²) in [6.45, 7) is 1.17. The van der Waals surface area contributed by atoms with Crippen molar-refractivity contribution in [3.8, 4) is 0 Å². The fourth-order valence-electron chi connectivity index (χ4n) is 2.96. The van der Waals surface area contributed by atoms with Crippen molar-refractivity contribution < 1.29 is 23.2 Å². The Labute approximate surface area is 143 Å². The van der Waals surface area contributed by atoms with E-state index in [9.17, 15) is 18.7 Å². The zero-order valence-corrected chi connectivity index (χ0v) is 13.7. The number of aliphatic hydroxyl groups is 1. The Hall–Kier alpha value is -2.32. The van der Waals surface area contributed by atoms with Gasteiger partial charge in [-0.2, -0.15) is 0 Å². The molecule has 1 aromatic carbocycles. The molecule has 1 aliphatic heterocycles. The third-order valence-corrected chi connectivity index (χ3v) is 4.20. The van der Waals surface area contributed by atoms with E-state index in [-0.39, 0.29) is 18.8 Å². The van der Waals surface area contributed by atoms with Gasteiger partial charge in [-0.25, -0.2) is 8.78 Å². The first-order valence-electron chi connectivity index (χ1n) is 7.96. The smallest absolute Gasteiger partial charge is 0.285 e. The highest BCUT2D eigenvalue weighted by Gasteiger charge is 2.46. The number of carbonyl (C=O) groups excluding carboxylic acids is 1. The van der Waals surface area contributed by atoms with Crippen molar-refractivity contribution in [3.63, 3.8) is 0 Å². The molecular weight excluding hydrogens is 332 g/mol. The second-order valence-corrected chi connectivity index (χ2v) is 6.16. The molecule has 1 fully saturated rings. The largest absolute Gasteiger partial charge is 0.387 e. The maximum absolute atomic E-state index is 14.0. The molecule has 8 heteroatoms. The third kappa shape index (κ3) is 3.85. The lowest BCUT2D eigenvalue weighted by Gasteiger charge is -2.39. The quantitative estimate of drug-likeness (QED) is 0.884. The minimum atomic E-state index is -3.27. The highest BCUT2D eigenvalue weighted by molar-refractivity contribution is 5.94. The van der Waals surface area contributed by atoms with Crippen molar-refractivity contribution in [3.05, 3.63) is 47.7 Å². The van der Waals surface area contributed by atoms with E-state index in [0.717, 1.165) is 0 Å². The van der Waals surface area contributed by atoms with Crippen LogP contribution in [-0.2, 0) is 4.79 Å². The lowest BCUT2D eigenvalue weighted by atomic mass is 9.97. The number of anilines is 1. The van der Waals surface area contributed by atoms with Gasteiger partial charge in [0.1, 0.15) is 17.9 Å². The third-order valence-electron chi connectivity index (χ3n) is 4.20. The maximum atomic E-state index is 14.0. The lowest BCUT2D eigenvalue weighted by molar-refractivity contribution is -0.160. The first-order chi connectivity index (χ1) is 11.9. The van der Waals surface area contributed by atoms with Crippen LogP contribution in [0.3, 0.4) is 0 Å². The molecule has 3 rings (SSSR count). The molecule has 1 aliphatic rings. The minimum absolute atomic E-state index is 0.104. The van der Waals surface area contributed by atoms with E-state index in [0.29, 0.717) is 11.3 Å². The number of alkyl halides is 2. The zero-order chi connectivity index (χ0) is 18.0.